The van der Waals surface area contributed by atoms with E-state index in [0.717, 1.165) is 19.3 Å². The first kappa shape index (κ1) is 19.8. The van der Waals surface area contributed by atoms with Crippen LogP contribution in [0.15, 0.2) is 11.3 Å². The van der Waals surface area contributed by atoms with Crippen LogP contribution in [-0.2, 0) is 14.3 Å². The summed E-state index contributed by atoms with van der Waals surface area (Å²) < 4.78 is 5.06. The molecule has 5 nitrogen and oxygen atoms in total. The molecular formula is C16H28O5. The highest BCUT2D eigenvalue weighted by atomic mass is 16.5. The van der Waals surface area contributed by atoms with Crippen LogP contribution in [0.25, 0.3) is 0 Å². The maximum atomic E-state index is 11.7. The Labute approximate surface area is 127 Å². The van der Waals surface area contributed by atoms with Crippen molar-refractivity contribution in [2.24, 2.45) is 0 Å². The lowest BCUT2D eigenvalue weighted by Gasteiger charge is -2.14. The molecule has 0 rings (SSSR count). The first-order valence-corrected chi connectivity index (χ1v) is 7.61. The fraction of sp³-hybridized carbons (Fsp3) is 0.750. The number of carbonyl (C=O) groups excluding carboxylic acids is 2. The van der Waals surface area contributed by atoms with Crippen LogP contribution in [0.3, 0.4) is 0 Å². The standard InChI is InChI=1S/C16H28O5/c1-4-5-6-8-13(18)9-7-10-15(20)21-16(12(2)3)14(19)11-17/h14,17,19H,4-11H2,1-3H3. The van der Waals surface area contributed by atoms with Crippen molar-refractivity contribution in [1.82, 2.24) is 0 Å². The molecule has 0 heterocycles. The van der Waals surface area contributed by atoms with E-state index in [1.165, 1.54) is 0 Å². The molecule has 0 aliphatic rings. The van der Waals surface area contributed by atoms with Gasteiger partial charge in [0, 0.05) is 19.3 Å². The molecule has 2 N–H and O–H groups in total. The number of unbranched alkanes of at least 4 members (excludes halogenated alkanes) is 2. The van der Waals surface area contributed by atoms with Gasteiger partial charge >= 0.3 is 5.97 Å². The number of allylic oxidation sites excluding steroid dienone is 1. The lowest BCUT2D eigenvalue weighted by Crippen LogP contribution is -2.21. The smallest absolute Gasteiger partial charge is 0.310 e. The predicted molar refractivity (Wildman–Crippen MR) is 80.6 cm³/mol. The lowest BCUT2D eigenvalue weighted by molar-refractivity contribution is -0.141. The Morgan fingerprint density at radius 1 is 1.05 bits per heavy atom. The van der Waals surface area contributed by atoms with Crippen LogP contribution >= 0.6 is 0 Å². The zero-order chi connectivity index (χ0) is 16.3. The van der Waals surface area contributed by atoms with E-state index in [4.69, 9.17) is 9.84 Å². The number of esters is 1. The van der Waals surface area contributed by atoms with Gasteiger partial charge in [-0.05, 0) is 32.3 Å². The van der Waals surface area contributed by atoms with Gasteiger partial charge < -0.3 is 14.9 Å². The summed E-state index contributed by atoms with van der Waals surface area (Å²) in [4.78, 5) is 23.2. The molecule has 122 valence electrons. The summed E-state index contributed by atoms with van der Waals surface area (Å²) in [6.45, 7) is 4.98. The molecular weight excluding hydrogens is 272 g/mol. The third kappa shape index (κ3) is 9.37. The summed E-state index contributed by atoms with van der Waals surface area (Å²) in [6.07, 6.45) is 3.40. The van der Waals surface area contributed by atoms with E-state index in [1.807, 2.05) is 0 Å². The molecule has 0 saturated heterocycles. The Kier molecular flexibility index (Phi) is 10.8. The summed E-state index contributed by atoms with van der Waals surface area (Å²) in [5.41, 5.74) is 0.639. The van der Waals surface area contributed by atoms with E-state index in [0.29, 0.717) is 24.8 Å². The van der Waals surface area contributed by atoms with Crippen LogP contribution < -0.4 is 0 Å². The Balaban J connectivity index is 4.05. The largest absolute Gasteiger partial charge is 0.428 e. The number of carbonyl (C=O) groups is 2. The number of hydrogen-bond donors (Lipinski definition) is 2. The lowest BCUT2D eigenvalue weighted by atomic mass is 10.1. The second-order valence-corrected chi connectivity index (χ2v) is 5.39. The van der Waals surface area contributed by atoms with Gasteiger partial charge in [-0.2, -0.15) is 0 Å². The van der Waals surface area contributed by atoms with E-state index in [9.17, 15) is 14.7 Å². The SMILES string of the molecule is CCCCCC(=O)CCCC(=O)OC(=C(C)C)C(O)CO. The molecule has 21 heavy (non-hydrogen) atoms. The summed E-state index contributed by atoms with van der Waals surface area (Å²) in [6, 6.07) is 0. The van der Waals surface area contributed by atoms with Gasteiger partial charge in [0.05, 0.1) is 6.61 Å². The molecule has 0 aromatic carbocycles. The Morgan fingerprint density at radius 2 is 1.67 bits per heavy atom. The van der Waals surface area contributed by atoms with Crippen molar-refractivity contribution in [3.8, 4) is 0 Å². The summed E-state index contributed by atoms with van der Waals surface area (Å²) in [5, 5.41) is 18.4. The molecule has 1 unspecified atom stereocenters. The van der Waals surface area contributed by atoms with Gasteiger partial charge in [-0.15, -0.1) is 0 Å². The maximum absolute atomic E-state index is 11.7. The number of aliphatic hydroxyl groups excluding tert-OH is 2. The fourth-order valence-corrected chi connectivity index (χ4v) is 1.89. The highest BCUT2D eigenvalue weighted by molar-refractivity contribution is 5.79. The quantitative estimate of drug-likeness (QED) is 0.348. The first-order chi connectivity index (χ1) is 9.92. The molecule has 1 atom stereocenters. The monoisotopic (exact) mass is 300 g/mol. The second-order valence-electron chi connectivity index (χ2n) is 5.39. The number of ether oxygens (including phenoxy) is 1. The molecule has 0 amide bonds. The number of hydrogen-bond acceptors (Lipinski definition) is 5. The van der Waals surface area contributed by atoms with Crippen LogP contribution in [0.2, 0.25) is 0 Å². The normalized spacial score (nSPS) is 11.9. The third-order valence-corrected chi connectivity index (χ3v) is 3.09. The minimum Gasteiger partial charge on any atom is -0.428 e. The van der Waals surface area contributed by atoms with Crippen molar-refractivity contribution < 1.29 is 24.5 Å². The minimum absolute atomic E-state index is 0.0942. The van der Waals surface area contributed by atoms with Crippen LogP contribution in [0.1, 0.15) is 65.7 Å². The van der Waals surface area contributed by atoms with Crippen molar-refractivity contribution in [3.05, 3.63) is 11.3 Å². The summed E-state index contributed by atoms with van der Waals surface area (Å²) in [5.74, 6) is -0.217. The second kappa shape index (κ2) is 11.5. The van der Waals surface area contributed by atoms with Crippen molar-refractivity contribution in [2.75, 3.05) is 6.61 Å². The van der Waals surface area contributed by atoms with Crippen molar-refractivity contribution in [3.63, 3.8) is 0 Å². The van der Waals surface area contributed by atoms with Gasteiger partial charge in [0.1, 0.15) is 17.6 Å². The van der Waals surface area contributed by atoms with Gasteiger partial charge in [0.2, 0.25) is 0 Å². The Morgan fingerprint density at radius 3 is 2.19 bits per heavy atom. The molecule has 0 radical (unpaired) electrons. The molecule has 0 fully saturated rings. The minimum atomic E-state index is -1.19. The summed E-state index contributed by atoms with van der Waals surface area (Å²) in [7, 11) is 0. The van der Waals surface area contributed by atoms with Crippen LogP contribution in [0.5, 0.6) is 0 Å². The molecule has 0 aliphatic carbocycles. The average Bonchev–Trinajstić information content (AvgIpc) is 2.44. The van der Waals surface area contributed by atoms with Gasteiger partial charge in [-0.25, -0.2) is 0 Å². The first-order valence-electron chi connectivity index (χ1n) is 7.61. The average molecular weight is 300 g/mol. The van der Waals surface area contributed by atoms with E-state index < -0.39 is 18.7 Å². The zero-order valence-corrected chi connectivity index (χ0v) is 13.4. The van der Waals surface area contributed by atoms with Crippen LogP contribution in [-0.4, -0.2) is 34.7 Å². The molecule has 0 bridgehead atoms. The molecule has 0 saturated carbocycles. The molecule has 0 spiro atoms. The third-order valence-electron chi connectivity index (χ3n) is 3.09. The van der Waals surface area contributed by atoms with E-state index >= 15 is 0 Å². The zero-order valence-electron chi connectivity index (χ0n) is 13.4. The van der Waals surface area contributed by atoms with Crippen molar-refractivity contribution >= 4 is 11.8 Å². The molecule has 0 aromatic heterocycles. The highest BCUT2D eigenvalue weighted by Crippen LogP contribution is 2.13. The Hall–Kier alpha value is -1.20. The van der Waals surface area contributed by atoms with Crippen LogP contribution in [0.4, 0.5) is 0 Å². The molecule has 5 heteroatoms. The van der Waals surface area contributed by atoms with Gasteiger partial charge in [-0.1, -0.05) is 19.8 Å². The maximum Gasteiger partial charge on any atom is 0.310 e. The van der Waals surface area contributed by atoms with Crippen molar-refractivity contribution in [2.45, 2.75) is 71.8 Å². The predicted octanol–water partition coefficient (Wildman–Crippen LogP) is 2.50. The highest BCUT2D eigenvalue weighted by Gasteiger charge is 2.17. The van der Waals surface area contributed by atoms with Gasteiger partial charge in [0.15, 0.2) is 0 Å². The molecule has 0 aliphatic heterocycles. The van der Waals surface area contributed by atoms with Crippen LogP contribution in [0, 0.1) is 0 Å². The summed E-state index contributed by atoms with van der Waals surface area (Å²) >= 11 is 0. The number of aliphatic hydroxyl groups is 2. The number of ketones is 1. The van der Waals surface area contributed by atoms with Gasteiger partial charge in [-0.3, -0.25) is 9.59 Å². The van der Waals surface area contributed by atoms with Crippen molar-refractivity contribution in [1.29, 1.82) is 0 Å². The number of rotatable bonds is 11. The van der Waals surface area contributed by atoms with E-state index in [1.54, 1.807) is 13.8 Å². The topological polar surface area (TPSA) is 83.8 Å². The molecule has 0 aromatic rings. The van der Waals surface area contributed by atoms with Gasteiger partial charge in [0.25, 0.3) is 0 Å². The fourth-order valence-electron chi connectivity index (χ4n) is 1.89. The van der Waals surface area contributed by atoms with E-state index in [-0.39, 0.29) is 18.0 Å². The number of Topliss-reactive ketones (excluding diaryl/α,β-unsaturated/α-hetero) is 1. The Bertz CT molecular complexity index is 356. The van der Waals surface area contributed by atoms with E-state index in [2.05, 4.69) is 6.92 Å².